The number of nitrogens with one attached hydrogen (secondary N) is 3. The molecule has 8 heteroatoms. The molecule has 0 saturated heterocycles. The number of H-pyrrole nitrogens is 1. The summed E-state index contributed by atoms with van der Waals surface area (Å²) in [6, 6.07) is 9.26. The Morgan fingerprint density at radius 2 is 1.97 bits per heavy atom. The van der Waals surface area contributed by atoms with Crippen LogP contribution in [0.2, 0.25) is 0 Å². The molecule has 1 fully saturated rings. The third-order valence-corrected chi connectivity index (χ3v) is 5.91. The molecule has 1 aliphatic rings. The van der Waals surface area contributed by atoms with Crippen molar-refractivity contribution in [3.63, 3.8) is 0 Å². The van der Waals surface area contributed by atoms with Crippen molar-refractivity contribution in [2.24, 2.45) is 0 Å². The van der Waals surface area contributed by atoms with Crippen molar-refractivity contribution in [2.75, 3.05) is 7.05 Å². The van der Waals surface area contributed by atoms with E-state index < -0.39 is 0 Å². The summed E-state index contributed by atoms with van der Waals surface area (Å²) in [6.07, 6.45) is 4.43. The number of carbonyl (C=O) groups excluding carboxylic acids is 2. The quantitative estimate of drug-likeness (QED) is 0.518. The van der Waals surface area contributed by atoms with Crippen LogP contribution in [0.4, 0.5) is 0 Å². The summed E-state index contributed by atoms with van der Waals surface area (Å²) in [5, 5.41) is 20.9. The number of aliphatic hydroxyl groups is 1. The summed E-state index contributed by atoms with van der Waals surface area (Å²) >= 11 is 0. The van der Waals surface area contributed by atoms with Gasteiger partial charge in [0.25, 0.3) is 11.8 Å². The molecule has 4 rings (SSSR count). The second-order valence-corrected chi connectivity index (χ2v) is 7.88. The fourth-order valence-electron chi connectivity index (χ4n) is 4.18. The van der Waals surface area contributed by atoms with E-state index in [2.05, 4.69) is 20.7 Å². The maximum Gasteiger partial charge on any atom is 0.271 e. The average Bonchev–Trinajstić information content (AvgIpc) is 3.41. The van der Waals surface area contributed by atoms with Gasteiger partial charge in [0.15, 0.2) is 5.69 Å². The lowest BCUT2D eigenvalue weighted by Crippen LogP contribution is -2.39. The lowest BCUT2D eigenvalue weighted by atomic mass is 9.93. The van der Waals surface area contributed by atoms with Gasteiger partial charge in [0.05, 0.1) is 12.1 Å². The Bertz CT molecular complexity index is 1060. The molecule has 8 nitrogen and oxygen atoms in total. The first kappa shape index (κ1) is 20.2. The van der Waals surface area contributed by atoms with E-state index in [-0.39, 0.29) is 35.7 Å². The number of nitrogens with zero attached hydrogens (tertiary/aromatic N) is 2. The van der Waals surface area contributed by atoms with Gasteiger partial charge in [0.2, 0.25) is 0 Å². The maximum atomic E-state index is 13.1. The summed E-state index contributed by atoms with van der Waals surface area (Å²) in [6.45, 7) is 1.97. The largest absolute Gasteiger partial charge is 0.393 e. The molecule has 2 heterocycles. The number of fused-ring (bicyclic) bond motifs is 1. The van der Waals surface area contributed by atoms with E-state index in [0.29, 0.717) is 18.5 Å². The molecule has 2 aromatic heterocycles. The van der Waals surface area contributed by atoms with Gasteiger partial charge >= 0.3 is 0 Å². The molecule has 1 aliphatic carbocycles. The monoisotopic (exact) mass is 409 g/mol. The summed E-state index contributed by atoms with van der Waals surface area (Å²) in [4.78, 5) is 28.5. The first-order valence-electron chi connectivity index (χ1n) is 10.3. The molecule has 30 heavy (non-hydrogen) atoms. The number of hydrogen-bond acceptors (Lipinski definition) is 4. The van der Waals surface area contributed by atoms with Gasteiger partial charge in [-0.2, -0.15) is 5.10 Å². The first-order chi connectivity index (χ1) is 14.5. The molecule has 3 aromatic rings. The van der Waals surface area contributed by atoms with E-state index in [1.807, 2.05) is 37.4 Å². The zero-order valence-electron chi connectivity index (χ0n) is 17.2. The molecular formula is C22H27N5O3. The van der Waals surface area contributed by atoms with Crippen LogP contribution in [-0.2, 0) is 0 Å². The number of carbonyl (C=O) groups is 2. The number of aromatic amines is 1. The first-order valence-corrected chi connectivity index (χ1v) is 10.3. The Morgan fingerprint density at radius 3 is 2.70 bits per heavy atom. The number of benzene rings is 1. The van der Waals surface area contributed by atoms with Crippen LogP contribution < -0.4 is 10.6 Å². The SMILES string of the molecule is CNC(=O)c1cc(C(=O)NC2CCC(O)CC2)n([C@@H](C)c2cccc3[nH]ccc23)n1. The molecule has 1 aromatic carbocycles. The normalized spacial score (nSPS) is 20.1. The smallest absolute Gasteiger partial charge is 0.271 e. The highest BCUT2D eigenvalue weighted by atomic mass is 16.3. The lowest BCUT2D eigenvalue weighted by Gasteiger charge is -2.26. The van der Waals surface area contributed by atoms with Crippen LogP contribution in [0.3, 0.4) is 0 Å². The zero-order chi connectivity index (χ0) is 21.3. The molecule has 0 spiro atoms. The lowest BCUT2D eigenvalue weighted by molar-refractivity contribution is 0.0856. The third-order valence-electron chi connectivity index (χ3n) is 5.91. The number of aliphatic hydroxyl groups excluding tert-OH is 1. The minimum Gasteiger partial charge on any atom is -0.393 e. The van der Waals surface area contributed by atoms with Crippen LogP contribution in [0.5, 0.6) is 0 Å². The van der Waals surface area contributed by atoms with E-state index in [1.165, 1.54) is 0 Å². The van der Waals surface area contributed by atoms with Gasteiger partial charge in [0, 0.05) is 36.3 Å². The van der Waals surface area contributed by atoms with Gasteiger partial charge in [-0.15, -0.1) is 0 Å². The summed E-state index contributed by atoms with van der Waals surface area (Å²) in [5.74, 6) is -0.595. The van der Waals surface area contributed by atoms with E-state index in [9.17, 15) is 14.7 Å². The number of rotatable bonds is 5. The molecular weight excluding hydrogens is 382 g/mol. The van der Waals surface area contributed by atoms with Crippen LogP contribution in [-0.4, -0.2) is 50.9 Å². The van der Waals surface area contributed by atoms with Crippen molar-refractivity contribution in [3.8, 4) is 0 Å². The Balaban J connectivity index is 1.68. The Morgan fingerprint density at radius 1 is 1.20 bits per heavy atom. The molecule has 1 saturated carbocycles. The van der Waals surface area contributed by atoms with Crippen molar-refractivity contribution >= 4 is 22.7 Å². The highest BCUT2D eigenvalue weighted by Gasteiger charge is 2.26. The predicted octanol–water partition coefficient (Wildman–Crippen LogP) is 2.37. The molecule has 0 aliphatic heterocycles. The molecule has 0 unspecified atom stereocenters. The van der Waals surface area contributed by atoms with Gasteiger partial charge < -0.3 is 20.7 Å². The predicted molar refractivity (Wildman–Crippen MR) is 113 cm³/mol. The summed E-state index contributed by atoms with van der Waals surface area (Å²) in [5.41, 5.74) is 2.56. The van der Waals surface area contributed by atoms with E-state index in [4.69, 9.17) is 0 Å². The van der Waals surface area contributed by atoms with Gasteiger partial charge in [0.1, 0.15) is 5.69 Å². The molecule has 4 N–H and O–H groups in total. The van der Waals surface area contributed by atoms with Crippen molar-refractivity contribution in [3.05, 3.63) is 53.5 Å². The third kappa shape index (κ3) is 3.82. The fourth-order valence-corrected chi connectivity index (χ4v) is 4.18. The summed E-state index contributed by atoms with van der Waals surface area (Å²) < 4.78 is 1.62. The van der Waals surface area contributed by atoms with Crippen LogP contribution in [0, 0.1) is 0 Å². The van der Waals surface area contributed by atoms with Crippen molar-refractivity contribution < 1.29 is 14.7 Å². The molecule has 0 radical (unpaired) electrons. The van der Waals surface area contributed by atoms with Crippen LogP contribution in [0.15, 0.2) is 36.5 Å². The van der Waals surface area contributed by atoms with Gasteiger partial charge in [-0.3, -0.25) is 14.3 Å². The molecule has 1 atom stereocenters. The minimum atomic E-state index is -0.337. The Labute approximate surface area is 174 Å². The Kier molecular flexibility index (Phi) is 5.59. The Hall–Kier alpha value is -3.13. The topological polar surface area (TPSA) is 112 Å². The second kappa shape index (κ2) is 8.31. The minimum absolute atomic E-state index is 0.0103. The van der Waals surface area contributed by atoms with Gasteiger partial charge in [-0.05, 0) is 50.3 Å². The van der Waals surface area contributed by atoms with Crippen molar-refractivity contribution in [1.29, 1.82) is 0 Å². The van der Waals surface area contributed by atoms with Gasteiger partial charge in [-0.1, -0.05) is 12.1 Å². The number of hydrogen-bond donors (Lipinski definition) is 4. The van der Waals surface area contributed by atoms with Crippen LogP contribution >= 0.6 is 0 Å². The number of amides is 2. The molecule has 2 amide bonds. The number of aromatic nitrogens is 3. The van der Waals surface area contributed by atoms with E-state index in [1.54, 1.807) is 17.8 Å². The molecule has 0 bridgehead atoms. The molecule has 158 valence electrons. The summed E-state index contributed by atoms with van der Waals surface area (Å²) in [7, 11) is 1.54. The van der Waals surface area contributed by atoms with Crippen molar-refractivity contribution in [2.45, 2.75) is 50.8 Å². The van der Waals surface area contributed by atoms with Crippen LogP contribution in [0.1, 0.15) is 65.2 Å². The fraction of sp³-hybridized carbons (Fsp3) is 0.409. The van der Waals surface area contributed by atoms with Crippen molar-refractivity contribution in [1.82, 2.24) is 25.4 Å². The van der Waals surface area contributed by atoms with Crippen LogP contribution in [0.25, 0.3) is 10.9 Å². The maximum absolute atomic E-state index is 13.1. The highest BCUT2D eigenvalue weighted by molar-refractivity contribution is 5.98. The van der Waals surface area contributed by atoms with E-state index in [0.717, 1.165) is 29.3 Å². The second-order valence-electron chi connectivity index (χ2n) is 7.88. The highest BCUT2D eigenvalue weighted by Crippen LogP contribution is 2.28. The van der Waals surface area contributed by atoms with Gasteiger partial charge in [-0.25, -0.2) is 0 Å². The average molecular weight is 409 g/mol. The standard InChI is InChI=1S/C22H27N5O3/c1-13(16-4-3-5-18-17(16)10-11-24-18)27-20(12-19(26-27)21(29)23-2)22(30)25-14-6-8-15(28)9-7-14/h3-5,10-15,24,28H,6-9H2,1-2H3,(H,23,29)(H,25,30)/t13-,14?,15?/m0/s1. The zero-order valence-corrected chi connectivity index (χ0v) is 17.2. The van der Waals surface area contributed by atoms with E-state index >= 15 is 0 Å².